The molecule has 0 aliphatic carbocycles. The summed E-state index contributed by atoms with van der Waals surface area (Å²) in [5, 5.41) is 12.9. The molecular formula is C14H12ClN3. The fourth-order valence-corrected chi connectivity index (χ4v) is 1.75. The molecule has 0 bridgehead atoms. The molecule has 1 aromatic carbocycles. The molecular weight excluding hydrogens is 246 g/mol. The molecule has 3 nitrogen and oxygen atoms in total. The lowest BCUT2D eigenvalue weighted by Crippen LogP contribution is -2.13. The van der Waals surface area contributed by atoms with Crippen molar-refractivity contribution in [3.63, 3.8) is 0 Å². The van der Waals surface area contributed by atoms with Crippen molar-refractivity contribution in [2.45, 2.75) is 13.1 Å². The number of rotatable bonds is 4. The molecule has 0 saturated carbocycles. The van der Waals surface area contributed by atoms with Crippen molar-refractivity contribution in [1.29, 1.82) is 5.26 Å². The molecule has 0 atom stereocenters. The van der Waals surface area contributed by atoms with E-state index in [0.29, 0.717) is 12.2 Å². The number of hydrogen-bond acceptors (Lipinski definition) is 3. The van der Waals surface area contributed by atoms with Crippen LogP contribution >= 0.6 is 11.6 Å². The Labute approximate surface area is 111 Å². The molecule has 0 unspecified atom stereocenters. The summed E-state index contributed by atoms with van der Waals surface area (Å²) in [5.41, 5.74) is 2.54. The molecule has 0 aliphatic heterocycles. The number of nitrogens with one attached hydrogen (secondary N) is 1. The second-order valence-corrected chi connectivity index (χ2v) is 4.29. The minimum Gasteiger partial charge on any atom is -0.309 e. The number of nitrogens with zero attached hydrogens (tertiary/aromatic N) is 2. The summed E-state index contributed by atoms with van der Waals surface area (Å²) in [6, 6.07) is 13.5. The number of halogens is 1. The van der Waals surface area contributed by atoms with Crippen LogP contribution in [0.5, 0.6) is 0 Å². The zero-order valence-electron chi connectivity index (χ0n) is 9.73. The van der Waals surface area contributed by atoms with Gasteiger partial charge in [-0.3, -0.25) is 0 Å². The van der Waals surface area contributed by atoms with E-state index in [1.165, 1.54) is 0 Å². The Bertz CT molecular complexity index is 558. The summed E-state index contributed by atoms with van der Waals surface area (Å²) >= 11 is 5.82. The summed E-state index contributed by atoms with van der Waals surface area (Å²) in [5.74, 6) is 0. The normalized spacial score (nSPS) is 10.0. The largest absolute Gasteiger partial charge is 0.309 e. The average Bonchev–Trinajstić information content (AvgIpc) is 2.41. The average molecular weight is 258 g/mol. The molecule has 0 amide bonds. The Kier molecular flexibility index (Phi) is 4.30. The van der Waals surface area contributed by atoms with E-state index < -0.39 is 0 Å². The SMILES string of the molecule is N#Cc1ncccc1CNCc1ccc(Cl)cc1. The molecule has 1 heterocycles. The monoisotopic (exact) mass is 257 g/mol. The highest BCUT2D eigenvalue weighted by molar-refractivity contribution is 6.30. The van der Waals surface area contributed by atoms with Gasteiger partial charge in [0, 0.05) is 29.9 Å². The smallest absolute Gasteiger partial charge is 0.144 e. The maximum absolute atomic E-state index is 8.91. The van der Waals surface area contributed by atoms with Gasteiger partial charge < -0.3 is 5.32 Å². The number of pyridine rings is 1. The minimum atomic E-state index is 0.473. The molecule has 4 heteroatoms. The maximum Gasteiger partial charge on any atom is 0.144 e. The van der Waals surface area contributed by atoms with Crippen LogP contribution in [0.2, 0.25) is 5.02 Å². The van der Waals surface area contributed by atoms with Gasteiger partial charge in [-0.25, -0.2) is 4.98 Å². The van der Waals surface area contributed by atoms with Crippen LogP contribution in [0.3, 0.4) is 0 Å². The van der Waals surface area contributed by atoms with Gasteiger partial charge in [-0.05, 0) is 23.8 Å². The van der Waals surface area contributed by atoms with Gasteiger partial charge >= 0.3 is 0 Å². The van der Waals surface area contributed by atoms with Crippen molar-refractivity contribution < 1.29 is 0 Å². The highest BCUT2D eigenvalue weighted by Gasteiger charge is 2.01. The summed E-state index contributed by atoms with van der Waals surface area (Å²) in [7, 11) is 0. The van der Waals surface area contributed by atoms with Crippen molar-refractivity contribution >= 4 is 11.6 Å². The lowest BCUT2D eigenvalue weighted by molar-refractivity contribution is 0.690. The maximum atomic E-state index is 8.91. The fourth-order valence-electron chi connectivity index (χ4n) is 1.63. The highest BCUT2D eigenvalue weighted by Crippen LogP contribution is 2.09. The first kappa shape index (κ1) is 12.6. The standard InChI is InChI=1S/C14H12ClN3/c15-13-5-3-11(4-6-13)9-17-10-12-2-1-7-18-14(12)8-16/h1-7,17H,9-10H2. The van der Waals surface area contributed by atoms with Crippen LogP contribution < -0.4 is 5.32 Å². The first-order chi connectivity index (χ1) is 8.79. The third kappa shape index (κ3) is 3.30. The molecule has 1 N–H and O–H groups in total. The first-order valence-corrected chi connectivity index (χ1v) is 5.96. The van der Waals surface area contributed by atoms with E-state index in [-0.39, 0.29) is 0 Å². The third-order valence-corrected chi connectivity index (χ3v) is 2.81. The van der Waals surface area contributed by atoms with E-state index in [1.807, 2.05) is 36.4 Å². The molecule has 0 spiro atoms. The fraction of sp³-hybridized carbons (Fsp3) is 0.143. The van der Waals surface area contributed by atoms with E-state index in [9.17, 15) is 0 Å². The predicted molar refractivity (Wildman–Crippen MR) is 70.9 cm³/mol. The van der Waals surface area contributed by atoms with Gasteiger partial charge in [0.25, 0.3) is 0 Å². The molecule has 0 fully saturated rings. The van der Waals surface area contributed by atoms with Crippen molar-refractivity contribution in [1.82, 2.24) is 10.3 Å². The van der Waals surface area contributed by atoms with Gasteiger partial charge in [-0.1, -0.05) is 29.8 Å². The molecule has 90 valence electrons. The van der Waals surface area contributed by atoms with Crippen LogP contribution in [-0.2, 0) is 13.1 Å². The van der Waals surface area contributed by atoms with Gasteiger partial charge in [-0.15, -0.1) is 0 Å². The summed E-state index contributed by atoms with van der Waals surface area (Å²) in [6.45, 7) is 1.36. The third-order valence-electron chi connectivity index (χ3n) is 2.56. The summed E-state index contributed by atoms with van der Waals surface area (Å²) in [6.07, 6.45) is 1.63. The van der Waals surface area contributed by atoms with E-state index in [2.05, 4.69) is 16.4 Å². The molecule has 1 aromatic heterocycles. The van der Waals surface area contributed by atoms with Crippen LogP contribution in [0.1, 0.15) is 16.8 Å². The van der Waals surface area contributed by atoms with Gasteiger partial charge in [0.15, 0.2) is 0 Å². The van der Waals surface area contributed by atoms with Crippen molar-refractivity contribution in [2.75, 3.05) is 0 Å². The van der Waals surface area contributed by atoms with E-state index in [0.717, 1.165) is 22.7 Å². The van der Waals surface area contributed by atoms with Gasteiger partial charge in [0.05, 0.1) is 0 Å². The van der Waals surface area contributed by atoms with Crippen molar-refractivity contribution in [2.24, 2.45) is 0 Å². The molecule has 0 radical (unpaired) electrons. The van der Waals surface area contributed by atoms with Crippen LogP contribution in [0, 0.1) is 11.3 Å². The Balaban J connectivity index is 1.93. The topological polar surface area (TPSA) is 48.7 Å². The molecule has 18 heavy (non-hydrogen) atoms. The van der Waals surface area contributed by atoms with Crippen LogP contribution in [0.25, 0.3) is 0 Å². The van der Waals surface area contributed by atoms with E-state index >= 15 is 0 Å². The Hall–Kier alpha value is -1.89. The first-order valence-electron chi connectivity index (χ1n) is 5.59. The van der Waals surface area contributed by atoms with Gasteiger partial charge in [0.2, 0.25) is 0 Å². The second-order valence-electron chi connectivity index (χ2n) is 3.85. The van der Waals surface area contributed by atoms with Crippen LogP contribution in [-0.4, -0.2) is 4.98 Å². The van der Waals surface area contributed by atoms with Crippen molar-refractivity contribution in [3.8, 4) is 6.07 Å². The molecule has 0 saturated heterocycles. The molecule has 2 aromatic rings. The number of hydrogen-bond donors (Lipinski definition) is 1. The minimum absolute atomic E-state index is 0.473. The predicted octanol–water partition coefficient (Wildman–Crippen LogP) is 2.90. The second kappa shape index (κ2) is 6.15. The Morgan fingerprint density at radius 1 is 1.17 bits per heavy atom. The van der Waals surface area contributed by atoms with Crippen molar-refractivity contribution in [3.05, 3.63) is 64.4 Å². The Morgan fingerprint density at radius 3 is 2.67 bits per heavy atom. The number of aromatic nitrogens is 1. The molecule has 2 rings (SSSR count). The lowest BCUT2D eigenvalue weighted by atomic mass is 10.2. The van der Waals surface area contributed by atoms with Crippen LogP contribution in [0.15, 0.2) is 42.6 Å². The lowest BCUT2D eigenvalue weighted by Gasteiger charge is -2.06. The number of nitriles is 1. The van der Waals surface area contributed by atoms with E-state index in [1.54, 1.807) is 6.20 Å². The molecule has 0 aliphatic rings. The quantitative estimate of drug-likeness (QED) is 0.916. The summed E-state index contributed by atoms with van der Waals surface area (Å²) < 4.78 is 0. The number of benzene rings is 1. The van der Waals surface area contributed by atoms with E-state index in [4.69, 9.17) is 16.9 Å². The zero-order valence-corrected chi connectivity index (χ0v) is 10.5. The highest BCUT2D eigenvalue weighted by atomic mass is 35.5. The van der Waals surface area contributed by atoms with Gasteiger partial charge in [0.1, 0.15) is 11.8 Å². The van der Waals surface area contributed by atoms with Crippen LogP contribution in [0.4, 0.5) is 0 Å². The van der Waals surface area contributed by atoms with Gasteiger partial charge in [-0.2, -0.15) is 5.26 Å². The summed E-state index contributed by atoms with van der Waals surface area (Å²) in [4.78, 5) is 4.02. The Morgan fingerprint density at radius 2 is 1.94 bits per heavy atom. The zero-order chi connectivity index (χ0) is 12.8.